The molecule has 0 radical (unpaired) electrons. The van der Waals surface area contributed by atoms with Crippen molar-refractivity contribution < 1.29 is 4.79 Å². The molecule has 1 aromatic carbocycles. The molecule has 0 aliphatic heterocycles. The molecule has 1 saturated carbocycles. The number of nitrogens with zero attached hydrogens (tertiary/aromatic N) is 5. The van der Waals surface area contributed by atoms with Gasteiger partial charge < -0.3 is 5.32 Å². The number of benzene rings is 1. The molecule has 1 aliphatic carbocycles. The number of hydrogen-bond acceptors (Lipinski definition) is 4. The molecule has 3 aromatic heterocycles. The average Bonchev–Trinajstić information content (AvgIpc) is 3.49. The first-order valence-corrected chi connectivity index (χ1v) is 11.2. The van der Waals surface area contributed by atoms with Crippen LogP contribution in [0.3, 0.4) is 0 Å². The number of aromatic nitrogens is 5. The fourth-order valence-electron chi connectivity index (χ4n) is 4.14. The molecule has 1 N–H and O–H groups in total. The van der Waals surface area contributed by atoms with E-state index >= 15 is 0 Å². The van der Waals surface area contributed by atoms with E-state index in [-0.39, 0.29) is 11.8 Å². The van der Waals surface area contributed by atoms with Crippen molar-refractivity contribution in [2.24, 2.45) is 5.92 Å². The molecular formula is C25H28N6O. The molecule has 3 heterocycles. The van der Waals surface area contributed by atoms with Gasteiger partial charge in [-0.2, -0.15) is 10.2 Å². The van der Waals surface area contributed by atoms with Crippen LogP contribution in [0.1, 0.15) is 53.1 Å². The predicted octanol–water partition coefficient (Wildman–Crippen LogP) is 4.18. The van der Waals surface area contributed by atoms with Crippen LogP contribution in [0.15, 0.2) is 48.7 Å². The van der Waals surface area contributed by atoms with Crippen molar-refractivity contribution in [3.8, 4) is 5.69 Å². The zero-order valence-corrected chi connectivity index (χ0v) is 18.7. The van der Waals surface area contributed by atoms with E-state index in [9.17, 15) is 4.79 Å². The van der Waals surface area contributed by atoms with Crippen LogP contribution >= 0.6 is 0 Å². The van der Waals surface area contributed by atoms with Crippen LogP contribution in [0.5, 0.6) is 0 Å². The number of amides is 1. The Morgan fingerprint density at radius 3 is 2.62 bits per heavy atom. The van der Waals surface area contributed by atoms with Gasteiger partial charge in [-0.15, -0.1) is 0 Å². The van der Waals surface area contributed by atoms with E-state index in [4.69, 9.17) is 10.1 Å². The van der Waals surface area contributed by atoms with Crippen molar-refractivity contribution in [2.75, 3.05) is 6.54 Å². The number of rotatable bonds is 7. The number of fused-ring (bicyclic) bond motifs is 1. The van der Waals surface area contributed by atoms with Crippen molar-refractivity contribution >= 4 is 16.9 Å². The minimum Gasteiger partial charge on any atom is -0.352 e. The summed E-state index contributed by atoms with van der Waals surface area (Å²) in [4.78, 5) is 18.3. The molecule has 1 unspecified atom stereocenters. The summed E-state index contributed by atoms with van der Waals surface area (Å²) in [6, 6.07) is 13.9. The summed E-state index contributed by atoms with van der Waals surface area (Å²) in [5.41, 5.74) is 5.16. The van der Waals surface area contributed by atoms with Gasteiger partial charge in [-0.25, -0.2) is 9.67 Å². The van der Waals surface area contributed by atoms with E-state index in [1.54, 1.807) is 0 Å². The zero-order valence-electron chi connectivity index (χ0n) is 18.7. The summed E-state index contributed by atoms with van der Waals surface area (Å²) >= 11 is 0. The Morgan fingerprint density at radius 2 is 1.94 bits per heavy atom. The highest BCUT2D eigenvalue weighted by atomic mass is 16.1. The molecule has 1 aliphatic rings. The van der Waals surface area contributed by atoms with Crippen LogP contribution in [0.25, 0.3) is 16.7 Å². The maximum absolute atomic E-state index is 13.3. The lowest BCUT2D eigenvalue weighted by Crippen LogP contribution is -2.30. The number of nitrogens with one attached hydrogen (secondary N) is 1. The summed E-state index contributed by atoms with van der Waals surface area (Å²) in [6.07, 6.45) is 4.22. The van der Waals surface area contributed by atoms with Crippen molar-refractivity contribution in [1.29, 1.82) is 0 Å². The number of hydrogen-bond donors (Lipinski definition) is 1. The number of aryl methyl sites for hydroxylation is 2. The molecule has 32 heavy (non-hydrogen) atoms. The standard InChI is InChI=1S/C25H28N6O/c1-16(15-30-12-11-17(2)28-30)14-26-25(32)21-13-22(19-9-10-19)27-24-23(21)18(3)29-31(24)20-7-5-4-6-8-20/h4-8,11-13,16,19H,9-10,14-15H2,1-3H3,(H,26,32). The minimum absolute atomic E-state index is 0.0708. The van der Waals surface area contributed by atoms with Crippen LogP contribution in [0.2, 0.25) is 0 Å². The zero-order chi connectivity index (χ0) is 22.2. The molecule has 0 spiro atoms. The fourth-order valence-corrected chi connectivity index (χ4v) is 4.14. The Balaban J connectivity index is 1.44. The monoisotopic (exact) mass is 428 g/mol. The van der Waals surface area contributed by atoms with Crippen LogP contribution in [0, 0.1) is 19.8 Å². The molecule has 0 saturated heterocycles. The van der Waals surface area contributed by atoms with Gasteiger partial charge in [-0.3, -0.25) is 9.48 Å². The largest absolute Gasteiger partial charge is 0.352 e. The third-order valence-corrected chi connectivity index (χ3v) is 5.96. The summed E-state index contributed by atoms with van der Waals surface area (Å²) in [5, 5.41) is 13.1. The first-order valence-electron chi connectivity index (χ1n) is 11.2. The van der Waals surface area contributed by atoms with Gasteiger partial charge in [0.1, 0.15) is 0 Å². The topological polar surface area (TPSA) is 77.6 Å². The molecule has 1 fully saturated rings. The van der Waals surface area contributed by atoms with E-state index in [0.717, 1.165) is 53.2 Å². The van der Waals surface area contributed by atoms with E-state index in [0.29, 0.717) is 18.0 Å². The number of pyridine rings is 1. The van der Waals surface area contributed by atoms with Crippen LogP contribution in [-0.2, 0) is 6.54 Å². The van der Waals surface area contributed by atoms with Crippen molar-refractivity contribution in [1.82, 2.24) is 29.9 Å². The van der Waals surface area contributed by atoms with Crippen LogP contribution in [0.4, 0.5) is 0 Å². The first kappa shape index (κ1) is 20.4. The molecule has 7 nitrogen and oxygen atoms in total. The number of carbonyl (C=O) groups is 1. The summed E-state index contributed by atoms with van der Waals surface area (Å²) in [6.45, 7) is 7.38. The maximum atomic E-state index is 13.3. The second-order valence-electron chi connectivity index (χ2n) is 8.89. The van der Waals surface area contributed by atoms with Crippen LogP contribution in [-0.4, -0.2) is 37.0 Å². The third kappa shape index (κ3) is 4.02. The minimum atomic E-state index is -0.0708. The van der Waals surface area contributed by atoms with E-state index in [1.807, 2.05) is 71.9 Å². The summed E-state index contributed by atoms with van der Waals surface area (Å²) < 4.78 is 3.78. The summed E-state index contributed by atoms with van der Waals surface area (Å²) in [5.74, 6) is 0.623. The Kier molecular flexibility index (Phi) is 5.25. The predicted molar refractivity (Wildman–Crippen MR) is 124 cm³/mol. The highest BCUT2D eigenvalue weighted by molar-refractivity contribution is 6.06. The van der Waals surface area contributed by atoms with Gasteiger partial charge in [0.05, 0.1) is 28.0 Å². The van der Waals surface area contributed by atoms with Gasteiger partial charge in [0.15, 0.2) is 5.65 Å². The smallest absolute Gasteiger partial charge is 0.252 e. The molecule has 7 heteroatoms. The highest BCUT2D eigenvalue weighted by Gasteiger charge is 2.29. The normalized spacial score (nSPS) is 14.6. The lowest BCUT2D eigenvalue weighted by molar-refractivity contribution is 0.0948. The Bertz CT molecular complexity index is 1270. The van der Waals surface area contributed by atoms with E-state index < -0.39 is 0 Å². The fraction of sp³-hybridized carbons (Fsp3) is 0.360. The van der Waals surface area contributed by atoms with Crippen LogP contribution < -0.4 is 5.32 Å². The van der Waals surface area contributed by atoms with Gasteiger partial charge in [0.25, 0.3) is 5.91 Å². The number of carbonyl (C=O) groups excluding carboxylic acids is 1. The quantitative estimate of drug-likeness (QED) is 0.479. The Morgan fingerprint density at radius 1 is 1.16 bits per heavy atom. The SMILES string of the molecule is Cc1ccn(CC(C)CNC(=O)c2cc(C3CC3)nc3c2c(C)nn3-c2ccccc2)n1. The maximum Gasteiger partial charge on any atom is 0.252 e. The van der Waals surface area contributed by atoms with Gasteiger partial charge in [-0.05, 0) is 56.9 Å². The van der Waals surface area contributed by atoms with Crippen molar-refractivity contribution in [3.05, 3.63) is 71.3 Å². The van der Waals surface area contributed by atoms with Gasteiger partial charge in [0, 0.05) is 30.9 Å². The third-order valence-electron chi connectivity index (χ3n) is 5.96. The molecule has 4 aromatic rings. The Hall–Kier alpha value is -3.48. The first-order chi connectivity index (χ1) is 15.5. The average molecular weight is 429 g/mol. The van der Waals surface area contributed by atoms with Crippen molar-refractivity contribution in [2.45, 2.75) is 46.1 Å². The second kappa shape index (κ2) is 8.22. The van der Waals surface area contributed by atoms with Gasteiger partial charge in [0.2, 0.25) is 0 Å². The molecular weight excluding hydrogens is 400 g/mol. The second-order valence-corrected chi connectivity index (χ2v) is 8.89. The lowest BCUT2D eigenvalue weighted by Gasteiger charge is -2.14. The van der Waals surface area contributed by atoms with E-state index in [1.165, 1.54) is 0 Å². The van der Waals surface area contributed by atoms with Gasteiger partial charge in [-0.1, -0.05) is 25.1 Å². The van der Waals surface area contributed by atoms with Crippen molar-refractivity contribution in [3.63, 3.8) is 0 Å². The Labute approximate surface area is 187 Å². The molecule has 5 rings (SSSR count). The molecule has 164 valence electrons. The summed E-state index contributed by atoms with van der Waals surface area (Å²) in [7, 11) is 0. The highest BCUT2D eigenvalue weighted by Crippen LogP contribution is 2.40. The molecule has 1 amide bonds. The van der Waals surface area contributed by atoms with Gasteiger partial charge >= 0.3 is 0 Å². The van der Waals surface area contributed by atoms with E-state index in [2.05, 4.69) is 17.3 Å². The molecule has 0 bridgehead atoms. The molecule has 1 atom stereocenters. The number of para-hydroxylation sites is 1. The lowest BCUT2D eigenvalue weighted by atomic mass is 10.1.